The lowest BCUT2D eigenvalue weighted by Gasteiger charge is -2.34. The van der Waals surface area contributed by atoms with Gasteiger partial charge in [-0.2, -0.15) is 0 Å². The molecule has 7 heteroatoms. The van der Waals surface area contributed by atoms with E-state index in [1.165, 1.54) is 6.07 Å². The number of aryl methyl sites for hydroxylation is 1. The molecule has 1 aromatic rings. The number of nitrogens with zero attached hydrogens (tertiary/aromatic N) is 2. The molecule has 0 bridgehead atoms. The Morgan fingerprint density at radius 2 is 2.08 bits per heavy atom. The molecule has 1 aliphatic heterocycles. The molecular weight excluding hydrogens is 312 g/mol. The predicted molar refractivity (Wildman–Crippen MR) is 89.3 cm³/mol. The molecule has 24 heavy (non-hydrogen) atoms. The summed E-state index contributed by atoms with van der Waals surface area (Å²) in [4.78, 5) is 24.5. The number of piperidine rings is 1. The number of hydrogen-bond donors (Lipinski definition) is 0. The number of benzene rings is 1. The van der Waals surface area contributed by atoms with E-state index in [9.17, 15) is 14.9 Å². The Kier molecular flexibility index (Phi) is 5.31. The highest BCUT2D eigenvalue weighted by Gasteiger charge is 2.29. The van der Waals surface area contributed by atoms with Crippen molar-refractivity contribution in [2.75, 3.05) is 13.1 Å². The molecule has 7 nitrogen and oxygen atoms in total. The zero-order chi connectivity index (χ0) is 17.9. The Morgan fingerprint density at radius 1 is 1.38 bits per heavy atom. The van der Waals surface area contributed by atoms with Gasteiger partial charge in [0.05, 0.1) is 11.5 Å². The Bertz CT molecular complexity index is 624. The average Bonchev–Trinajstić information content (AvgIpc) is 2.45. The van der Waals surface area contributed by atoms with E-state index in [0.29, 0.717) is 13.1 Å². The second-order valence-electron chi connectivity index (χ2n) is 7.04. The monoisotopic (exact) mass is 336 g/mol. The van der Waals surface area contributed by atoms with Crippen LogP contribution in [-0.2, 0) is 4.74 Å². The van der Waals surface area contributed by atoms with E-state index < -0.39 is 10.5 Å². The highest BCUT2D eigenvalue weighted by molar-refractivity contribution is 5.68. The molecule has 1 saturated heterocycles. The molecule has 0 radical (unpaired) electrons. The third-order valence-corrected chi connectivity index (χ3v) is 3.64. The van der Waals surface area contributed by atoms with E-state index in [2.05, 4.69) is 0 Å². The van der Waals surface area contributed by atoms with Crippen LogP contribution in [0.4, 0.5) is 10.5 Å². The zero-order valence-corrected chi connectivity index (χ0v) is 14.6. The highest BCUT2D eigenvalue weighted by Crippen LogP contribution is 2.30. The molecule has 1 atom stereocenters. The standard InChI is InChI=1S/C17H24N2O5/c1-12-7-8-14(19(21)22)15(10-12)23-13-6-5-9-18(11-13)16(20)24-17(2,3)4/h7-8,10,13H,5-6,9,11H2,1-4H3/t13-/m0/s1. The largest absolute Gasteiger partial charge is 0.482 e. The lowest BCUT2D eigenvalue weighted by molar-refractivity contribution is -0.386. The molecule has 0 unspecified atom stereocenters. The fourth-order valence-electron chi connectivity index (χ4n) is 2.57. The number of ether oxygens (including phenoxy) is 2. The van der Waals surface area contributed by atoms with Gasteiger partial charge in [0, 0.05) is 12.6 Å². The molecule has 0 N–H and O–H groups in total. The van der Waals surface area contributed by atoms with Gasteiger partial charge in [-0.05, 0) is 52.2 Å². The van der Waals surface area contributed by atoms with Crippen molar-refractivity contribution in [3.63, 3.8) is 0 Å². The number of rotatable bonds is 3. The van der Waals surface area contributed by atoms with Crippen molar-refractivity contribution in [3.8, 4) is 5.75 Å². The first-order valence-electron chi connectivity index (χ1n) is 8.05. The summed E-state index contributed by atoms with van der Waals surface area (Å²) >= 11 is 0. The average molecular weight is 336 g/mol. The van der Waals surface area contributed by atoms with Crippen LogP contribution in [0, 0.1) is 17.0 Å². The molecule has 1 aliphatic rings. The summed E-state index contributed by atoms with van der Waals surface area (Å²) in [6.07, 6.45) is 0.842. The summed E-state index contributed by atoms with van der Waals surface area (Å²) < 4.78 is 11.2. The molecule has 0 aromatic heterocycles. The molecule has 0 spiro atoms. The number of carbonyl (C=O) groups is 1. The topological polar surface area (TPSA) is 81.9 Å². The van der Waals surface area contributed by atoms with E-state index in [0.717, 1.165) is 18.4 Å². The molecule has 132 valence electrons. The van der Waals surface area contributed by atoms with Gasteiger partial charge in [-0.1, -0.05) is 6.07 Å². The molecule has 0 aliphatic carbocycles. The predicted octanol–water partition coefficient (Wildman–Crippen LogP) is 3.68. The second-order valence-corrected chi connectivity index (χ2v) is 7.04. The van der Waals surface area contributed by atoms with Gasteiger partial charge in [-0.25, -0.2) is 4.79 Å². The maximum absolute atomic E-state index is 12.2. The van der Waals surface area contributed by atoms with Gasteiger partial charge in [-0.15, -0.1) is 0 Å². The molecular formula is C17H24N2O5. The number of hydrogen-bond acceptors (Lipinski definition) is 5. The van der Waals surface area contributed by atoms with Crippen LogP contribution in [-0.4, -0.2) is 40.7 Å². The van der Waals surface area contributed by atoms with Crippen LogP contribution < -0.4 is 4.74 Å². The summed E-state index contributed by atoms with van der Waals surface area (Å²) in [5.41, 5.74) is 0.269. The van der Waals surface area contributed by atoms with Gasteiger partial charge < -0.3 is 14.4 Å². The Balaban J connectivity index is 2.07. The van der Waals surface area contributed by atoms with Crippen LogP contribution in [0.1, 0.15) is 39.2 Å². The maximum Gasteiger partial charge on any atom is 0.410 e. The summed E-state index contributed by atoms with van der Waals surface area (Å²) in [5, 5.41) is 11.1. The third kappa shape index (κ3) is 4.84. The minimum Gasteiger partial charge on any atom is -0.482 e. The number of carbonyl (C=O) groups excluding carboxylic acids is 1. The maximum atomic E-state index is 12.2. The van der Waals surface area contributed by atoms with Crippen LogP contribution in [0.3, 0.4) is 0 Å². The molecule has 2 rings (SSSR count). The Morgan fingerprint density at radius 3 is 2.71 bits per heavy atom. The second kappa shape index (κ2) is 7.07. The van der Waals surface area contributed by atoms with Crippen molar-refractivity contribution >= 4 is 11.8 Å². The van der Waals surface area contributed by atoms with Gasteiger partial charge in [0.1, 0.15) is 11.7 Å². The van der Waals surface area contributed by atoms with Crippen LogP contribution in [0.15, 0.2) is 18.2 Å². The number of nitro benzene ring substituents is 1. The van der Waals surface area contributed by atoms with Gasteiger partial charge in [-0.3, -0.25) is 10.1 Å². The van der Waals surface area contributed by atoms with Crippen LogP contribution in [0.2, 0.25) is 0 Å². The lowest BCUT2D eigenvalue weighted by atomic mass is 10.1. The van der Waals surface area contributed by atoms with Gasteiger partial charge >= 0.3 is 11.8 Å². The summed E-state index contributed by atoms with van der Waals surface area (Å²) in [6, 6.07) is 4.78. The number of nitro groups is 1. The number of likely N-dealkylation sites (tertiary alicyclic amines) is 1. The summed E-state index contributed by atoms with van der Waals surface area (Å²) in [5.74, 6) is 0.246. The van der Waals surface area contributed by atoms with E-state index in [1.807, 2.05) is 27.7 Å². The third-order valence-electron chi connectivity index (χ3n) is 3.64. The number of amides is 1. The fraction of sp³-hybridized carbons (Fsp3) is 0.588. The molecule has 1 heterocycles. The molecule has 1 amide bonds. The first-order chi connectivity index (χ1) is 11.2. The SMILES string of the molecule is Cc1ccc([N+](=O)[O-])c(O[C@H]2CCCN(C(=O)OC(C)(C)C)C2)c1. The van der Waals surface area contributed by atoms with E-state index in [4.69, 9.17) is 9.47 Å². The van der Waals surface area contributed by atoms with Gasteiger partial charge in [0.2, 0.25) is 0 Å². The highest BCUT2D eigenvalue weighted by atomic mass is 16.6. The Labute approximate surface area is 141 Å². The van der Waals surface area contributed by atoms with Crippen molar-refractivity contribution in [2.24, 2.45) is 0 Å². The van der Waals surface area contributed by atoms with Crippen LogP contribution >= 0.6 is 0 Å². The first kappa shape index (κ1) is 18.0. The minimum atomic E-state index is -0.555. The first-order valence-corrected chi connectivity index (χ1v) is 8.05. The van der Waals surface area contributed by atoms with E-state index in [1.54, 1.807) is 17.0 Å². The van der Waals surface area contributed by atoms with Crippen molar-refractivity contribution in [3.05, 3.63) is 33.9 Å². The van der Waals surface area contributed by atoms with Gasteiger partial charge in [0.15, 0.2) is 5.75 Å². The van der Waals surface area contributed by atoms with Crippen molar-refractivity contribution in [2.45, 2.75) is 52.2 Å². The summed E-state index contributed by atoms with van der Waals surface area (Å²) in [7, 11) is 0. The van der Waals surface area contributed by atoms with Crippen molar-refractivity contribution < 1.29 is 19.2 Å². The quantitative estimate of drug-likeness (QED) is 0.621. The van der Waals surface area contributed by atoms with Crippen LogP contribution in [0.5, 0.6) is 5.75 Å². The Hall–Kier alpha value is -2.31. The smallest absolute Gasteiger partial charge is 0.410 e. The van der Waals surface area contributed by atoms with Crippen molar-refractivity contribution in [1.82, 2.24) is 4.90 Å². The normalized spacial score (nSPS) is 18.2. The van der Waals surface area contributed by atoms with E-state index in [-0.39, 0.29) is 23.6 Å². The molecule has 1 aromatic carbocycles. The zero-order valence-electron chi connectivity index (χ0n) is 14.6. The summed E-state index contributed by atoms with van der Waals surface area (Å²) in [6.45, 7) is 8.27. The van der Waals surface area contributed by atoms with Gasteiger partial charge in [0.25, 0.3) is 0 Å². The van der Waals surface area contributed by atoms with Crippen LogP contribution in [0.25, 0.3) is 0 Å². The molecule has 0 saturated carbocycles. The fourth-order valence-corrected chi connectivity index (χ4v) is 2.57. The van der Waals surface area contributed by atoms with Crippen molar-refractivity contribution in [1.29, 1.82) is 0 Å². The molecule has 1 fully saturated rings. The lowest BCUT2D eigenvalue weighted by Crippen LogP contribution is -2.46. The minimum absolute atomic E-state index is 0.0602. The van der Waals surface area contributed by atoms with E-state index >= 15 is 0 Å².